The van der Waals surface area contributed by atoms with E-state index in [9.17, 15) is 52.7 Å². The van der Waals surface area contributed by atoms with E-state index in [0.717, 1.165) is 53.2 Å². The zero-order chi connectivity index (χ0) is 57.3. The monoisotopic (exact) mass is 1090 g/mol. The molecule has 0 radical (unpaired) electrons. The number of aromatic nitrogens is 9. The van der Waals surface area contributed by atoms with Crippen LogP contribution >= 0.6 is 0 Å². The Hall–Kier alpha value is -7.60. The van der Waals surface area contributed by atoms with Crippen molar-refractivity contribution in [2.24, 2.45) is 0 Å². The number of alkyl halides is 12. The number of methoxy groups -OCH3 is 2. The first-order chi connectivity index (χ1) is 36.2. The van der Waals surface area contributed by atoms with Gasteiger partial charge in [0.2, 0.25) is 0 Å². The minimum absolute atomic E-state index is 0.0205. The molecule has 0 saturated heterocycles. The number of halogens is 12. The van der Waals surface area contributed by atoms with Crippen molar-refractivity contribution in [3.05, 3.63) is 155 Å². The first-order valence-electron chi connectivity index (χ1n) is 23.5. The first kappa shape index (κ1) is 60.3. The summed E-state index contributed by atoms with van der Waals surface area (Å²) >= 11 is 0. The minimum atomic E-state index is -4.83. The van der Waals surface area contributed by atoms with Crippen LogP contribution < -0.4 is 4.74 Å². The fourth-order valence-corrected chi connectivity index (χ4v) is 7.17. The molecule has 1 atom stereocenters. The topological polar surface area (TPSA) is 118 Å². The van der Waals surface area contributed by atoms with Crippen molar-refractivity contribution >= 4 is 16.9 Å². The molecule has 0 bridgehead atoms. The Morgan fingerprint density at radius 1 is 0.532 bits per heavy atom. The highest BCUT2D eigenvalue weighted by atomic mass is 19.4. The van der Waals surface area contributed by atoms with Gasteiger partial charge in [0.15, 0.2) is 16.9 Å². The molecule has 12 nitrogen and oxygen atoms in total. The first-order valence-corrected chi connectivity index (χ1v) is 23.5. The molecule has 24 heteroatoms. The number of fused-ring (bicyclic) bond motifs is 3. The number of nitrogens with zero attached hydrogens (tertiary/aromatic N) is 9. The fraction of sp³-hybridized carbons (Fsp3) is 0.321. The second kappa shape index (κ2) is 24.6. The summed E-state index contributed by atoms with van der Waals surface area (Å²) in [5.74, 6) is -3.56. The van der Waals surface area contributed by atoms with E-state index in [1.165, 1.54) is 72.0 Å². The summed E-state index contributed by atoms with van der Waals surface area (Å²) in [6.45, 7) is 14.0. The summed E-state index contributed by atoms with van der Waals surface area (Å²) in [5.41, 5.74) is 2.30. The van der Waals surface area contributed by atoms with Gasteiger partial charge in [-0.2, -0.15) is 41.6 Å². The Morgan fingerprint density at radius 3 is 1.45 bits per heavy atom. The molecule has 6 aromatic heterocycles. The van der Waals surface area contributed by atoms with Gasteiger partial charge in [-0.3, -0.25) is 0 Å². The Morgan fingerprint density at radius 2 is 0.987 bits per heavy atom. The SMILES string of the molecule is CC.CC.CC(F)c1cnn2ccc(-c3ccc(C(F)(F)F)cc3)nc12.COC(C)(C)c1ccc(-c2ccn3ncc(C(F)(F)F)c3n2)cc1.COCc1cc(OC(F)(F)F)ccc1-c1ccn2ncc(C(C)(F)F)c2n1. The Balaban J connectivity index is 0.000000207. The summed E-state index contributed by atoms with van der Waals surface area (Å²) in [5, 5.41) is 11.5. The average Bonchev–Trinajstić information content (AvgIpc) is 4.15. The quantitative estimate of drug-likeness (QED) is 0.123. The van der Waals surface area contributed by atoms with E-state index in [4.69, 9.17) is 9.47 Å². The van der Waals surface area contributed by atoms with Crippen LogP contribution in [0.2, 0.25) is 0 Å². The van der Waals surface area contributed by atoms with E-state index in [0.29, 0.717) is 45.0 Å². The van der Waals surface area contributed by atoms with E-state index in [1.54, 1.807) is 25.4 Å². The van der Waals surface area contributed by atoms with Crippen LogP contribution in [0.15, 0.2) is 122 Å². The summed E-state index contributed by atoms with van der Waals surface area (Å²) in [6.07, 6.45) is -7.19. The number of hydrogen-bond donors (Lipinski definition) is 0. The second-order valence-corrected chi connectivity index (χ2v) is 16.6. The van der Waals surface area contributed by atoms with Crippen LogP contribution in [0.4, 0.5) is 52.7 Å². The highest BCUT2D eigenvalue weighted by Crippen LogP contribution is 2.36. The summed E-state index contributed by atoms with van der Waals surface area (Å²) < 4.78 is 173. The molecule has 3 aromatic carbocycles. The standard InChI is InChI=1S/C17H14F5N3O2.C17H16F3N3O.C15H11F4N3.2C2H6/c1-16(18,19)13-8-23-25-6-5-14(24-15(13)25)12-4-3-11(27-17(20,21)22)7-10(12)9-26-2;1-16(2,24-3)12-6-4-11(5-7-12)14-8-9-23-15(22-14)13(10-21-23)17(18,19)20;1-9(16)12-8-20-22-7-6-13(21-14(12)22)10-2-4-11(5-3-10)15(17,18)19;2*1-2/h3-8H,9H2,1-2H3;4-10H,1-3H3;2-9H,1H3;2*1-2H3. The molecule has 1 unspecified atom stereocenters. The molecular formula is C53H53F12N9O3. The Kier molecular flexibility index (Phi) is 19.3. The van der Waals surface area contributed by atoms with Gasteiger partial charge in [0, 0.05) is 56.4 Å². The molecule has 77 heavy (non-hydrogen) atoms. The smallest absolute Gasteiger partial charge is 0.406 e. The summed E-state index contributed by atoms with van der Waals surface area (Å²) in [6, 6.07) is 20.5. The lowest BCUT2D eigenvalue weighted by Crippen LogP contribution is -2.19. The maximum Gasteiger partial charge on any atom is 0.573 e. The Bertz CT molecular complexity index is 3340. The van der Waals surface area contributed by atoms with Crippen LogP contribution in [0.25, 0.3) is 50.7 Å². The van der Waals surface area contributed by atoms with E-state index in [-0.39, 0.29) is 23.5 Å². The molecule has 9 aromatic rings. The van der Waals surface area contributed by atoms with Gasteiger partial charge in [-0.25, -0.2) is 41.7 Å². The normalized spacial score (nSPS) is 12.4. The van der Waals surface area contributed by atoms with Crippen LogP contribution in [-0.2, 0) is 40.0 Å². The number of rotatable bonds is 10. The largest absolute Gasteiger partial charge is 0.573 e. The number of benzene rings is 3. The van der Waals surface area contributed by atoms with E-state index >= 15 is 0 Å². The van der Waals surface area contributed by atoms with Crippen molar-refractivity contribution in [3.8, 4) is 39.5 Å². The van der Waals surface area contributed by atoms with Crippen molar-refractivity contribution < 1.29 is 66.9 Å². The molecule has 0 aliphatic carbocycles. The van der Waals surface area contributed by atoms with E-state index in [2.05, 4.69) is 35.0 Å². The number of ether oxygens (including phenoxy) is 3. The van der Waals surface area contributed by atoms with Gasteiger partial charge in [-0.05, 0) is 80.4 Å². The lowest BCUT2D eigenvalue weighted by molar-refractivity contribution is -0.274. The maximum atomic E-state index is 13.7. The van der Waals surface area contributed by atoms with Crippen molar-refractivity contribution in [1.29, 1.82) is 0 Å². The third-order valence-corrected chi connectivity index (χ3v) is 11.1. The summed E-state index contributed by atoms with van der Waals surface area (Å²) in [7, 11) is 3.01. The van der Waals surface area contributed by atoms with Gasteiger partial charge in [0.05, 0.1) is 64.6 Å². The van der Waals surface area contributed by atoms with Crippen molar-refractivity contribution in [2.45, 2.75) is 98.4 Å². The molecule has 0 amide bonds. The Labute approximate surface area is 434 Å². The molecule has 0 aliphatic heterocycles. The van der Waals surface area contributed by atoms with Crippen LogP contribution in [0.5, 0.6) is 5.75 Å². The van der Waals surface area contributed by atoms with Crippen LogP contribution in [0.3, 0.4) is 0 Å². The van der Waals surface area contributed by atoms with Crippen molar-refractivity contribution in [1.82, 2.24) is 43.8 Å². The van der Waals surface area contributed by atoms with Crippen molar-refractivity contribution in [3.63, 3.8) is 0 Å². The molecule has 0 N–H and O–H groups in total. The van der Waals surface area contributed by atoms with Gasteiger partial charge >= 0.3 is 18.7 Å². The van der Waals surface area contributed by atoms with Gasteiger partial charge < -0.3 is 14.2 Å². The second-order valence-electron chi connectivity index (χ2n) is 16.6. The molecule has 6 heterocycles. The molecule has 0 saturated carbocycles. The van der Waals surface area contributed by atoms with E-state index < -0.39 is 53.3 Å². The molecule has 0 spiro atoms. The third-order valence-electron chi connectivity index (χ3n) is 11.1. The summed E-state index contributed by atoms with van der Waals surface area (Å²) in [4.78, 5) is 12.7. The lowest BCUT2D eigenvalue weighted by atomic mass is 9.96. The van der Waals surface area contributed by atoms with Crippen LogP contribution in [-0.4, -0.2) is 64.4 Å². The lowest BCUT2D eigenvalue weighted by Gasteiger charge is -2.23. The van der Waals surface area contributed by atoms with Gasteiger partial charge in [0.1, 0.15) is 17.5 Å². The van der Waals surface area contributed by atoms with Crippen LogP contribution in [0, 0.1) is 0 Å². The zero-order valence-corrected chi connectivity index (χ0v) is 43.1. The maximum absolute atomic E-state index is 13.7. The third kappa shape index (κ3) is 14.9. The van der Waals surface area contributed by atoms with E-state index in [1.807, 2.05) is 65.8 Å². The number of hydrogen-bond acceptors (Lipinski definition) is 9. The van der Waals surface area contributed by atoms with Gasteiger partial charge in [-0.1, -0.05) is 64.1 Å². The predicted molar refractivity (Wildman–Crippen MR) is 264 cm³/mol. The minimum Gasteiger partial charge on any atom is -0.406 e. The van der Waals surface area contributed by atoms with Gasteiger partial charge in [0.25, 0.3) is 5.92 Å². The van der Waals surface area contributed by atoms with Gasteiger partial charge in [-0.15, -0.1) is 13.2 Å². The average molecular weight is 1090 g/mol. The molecule has 0 aliphatic rings. The molecule has 0 fully saturated rings. The van der Waals surface area contributed by atoms with Crippen molar-refractivity contribution in [2.75, 3.05) is 14.2 Å². The molecular weight excluding hydrogens is 1040 g/mol. The molecule has 9 rings (SSSR count). The zero-order valence-electron chi connectivity index (χ0n) is 43.1. The fourth-order valence-electron chi connectivity index (χ4n) is 7.17. The highest BCUT2D eigenvalue weighted by Gasteiger charge is 2.36. The van der Waals surface area contributed by atoms with Crippen LogP contribution in [0.1, 0.15) is 94.9 Å². The molecule has 412 valence electrons. The predicted octanol–water partition coefficient (Wildman–Crippen LogP) is 15.3. The highest BCUT2D eigenvalue weighted by molar-refractivity contribution is 5.68.